The van der Waals surface area contributed by atoms with E-state index in [0.29, 0.717) is 12.4 Å². The maximum atomic E-state index is 13.4. The summed E-state index contributed by atoms with van der Waals surface area (Å²) in [4.78, 5) is 16.2. The molecule has 0 spiro atoms. The van der Waals surface area contributed by atoms with Gasteiger partial charge in [-0.15, -0.1) is 0 Å². The number of aromatic nitrogens is 2. The monoisotopic (exact) mass is 466 g/mol. The first kappa shape index (κ1) is 22.6. The fourth-order valence-corrected chi connectivity index (χ4v) is 4.90. The lowest BCUT2D eigenvalue weighted by molar-refractivity contribution is -0.114. The number of amides is 1. The van der Waals surface area contributed by atoms with Crippen molar-refractivity contribution in [3.8, 4) is 11.4 Å². The molecule has 0 saturated carbocycles. The molecule has 1 amide bonds. The Kier molecular flexibility index (Phi) is 6.26. The summed E-state index contributed by atoms with van der Waals surface area (Å²) in [5.41, 5.74) is 3.29. The predicted octanol–water partition coefficient (Wildman–Crippen LogP) is 4.09. The second kappa shape index (κ2) is 9.13. The van der Waals surface area contributed by atoms with Crippen molar-refractivity contribution in [2.45, 2.75) is 25.3 Å². The molecule has 0 bridgehead atoms. The Morgan fingerprint density at radius 2 is 1.79 bits per heavy atom. The average molecular weight is 467 g/mol. The van der Waals surface area contributed by atoms with Gasteiger partial charge in [-0.05, 0) is 61.0 Å². The van der Waals surface area contributed by atoms with Gasteiger partial charge in [0.05, 0.1) is 16.7 Å². The van der Waals surface area contributed by atoms with Gasteiger partial charge in [0.15, 0.2) is 0 Å². The number of imidazole rings is 1. The molecule has 0 radical (unpaired) electrons. The number of benzene rings is 3. The zero-order chi connectivity index (χ0) is 23.6. The summed E-state index contributed by atoms with van der Waals surface area (Å²) in [5.74, 6) is -0.0867. The smallest absolute Gasteiger partial charge is 0.242 e. The summed E-state index contributed by atoms with van der Waals surface area (Å²) >= 11 is 0. The zero-order valence-electron chi connectivity index (χ0n) is 18.2. The number of para-hydroxylation sites is 2. The van der Waals surface area contributed by atoms with Gasteiger partial charge in [0, 0.05) is 25.6 Å². The Balaban J connectivity index is 1.62. The summed E-state index contributed by atoms with van der Waals surface area (Å²) in [6.45, 7) is 3.49. The quantitative estimate of drug-likeness (QED) is 0.429. The first-order valence-electron chi connectivity index (χ1n) is 10.3. The van der Waals surface area contributed by atoms with Crippen molar-refractivity contribution in [2.24, 2.45) is 0 Å². The average Bonchev–Trinajstić information content (AvgIpc) is 3.14. The Morgan fingerprint density at radius 3 is 2.52 bits per heavy atom. The van der Waals surface area contributed by atoms with Crippen LogP contribution in [0, 0.1) is 12.7 Å². The van der Waals surface area contributed by atoms with Gasteiger partial charge >= 0.3 is 0 Å². The normalized spacial score (nSPS) is 11.6. The number of hydrogen-bond donors (Lipinski definition) is 2. The molecule has 0 saturated heterocycles. The van der Waals surface area contributed by atoms with Crippen molar-refractivity contribution in [3.63, 3.8) is 0 Å². The van der Waals surface area contributed by atoms with Crippen molar-refractivity contribution < 1.29 is 17.6 Å². The van der Waals surface area contributed by atoms with Crippen LogP contribution < -0.4 is 10.0 Å². The molecule has 33 heavy (non-hydrogen) atoms. The molecule has 0 unspecified atom stereocenters. The van der Waals surface area contributed by atoms with Crippen LogP contribution in [-0.4, -0.2) is 30.4 Å². The highest BCUT2D eigenvalue weighted by Gasteiger charge is 2.20. The summed E-state index contributed by atoms with van der Waals surface area (Å²) < 4.78 is 44.0. The summed E-state index contributed by atoms with van der Waals surface area (Å²) in [6, 6.07) is 18.4. The Labute approximate surface area is 191 Å². The summed E-state index contributed by atoms with van der Waals surface area (Å²) in [5, 5.41) is 2.57. The molecule has 0 fully saturated rings. The van der Waals surface area contributed by atoms with Gasteiger partial charge in [0.25, 0.3) is 0 Å². The Morgan fingerprint density at radius 1 is 1.06 bits per heavy atom. The third kappa shape index (κ3) is 4.94. The van der Waals surface area contributed by atoms with Gasteiger partial charge in [0.1, 0.15) is 16.5 Å². The number of anilines is 1. The van der Waals surface area contributed by atoms with E-state index in [2.05, 4.69) is 15.0 Å². The zero-order valence-corrected chi connectivity index (χ0v) is 19.0. The maximum Gasteiger partial charge on any atom is 0.242 e. The standard InChI is InChI=1S/C24H23FN4O3S/c1-16-7-12-21(27-17(2)30)23(15-16)33(31,32)26-13-14-29-22-6-4-3-5-20(22)28-24(29)18-8-10-19(25)11-9-18/h3-12,15,26H,13-14H2,1-2H3,(H,27,30). The third-order valence-corrected chi connectivity index (χ3v) is 6.62. The van der Waals surface area contributed by atoms with Crippen LogP contribution in [0.1, 0.15) is 12.5 Å². The molecule has 7 nitrogen and oxygen atoms in total. The first-order chi connectivity index (χ1) is 15.7. The first-order valence-corrected chi connectivity index (χ1v) is 11.8. The molecule has 9 heteroatoms. The van der Waals surface area contributed by atoms with Gasteiger partial charge in [-0.25, -0.2) is 22.5 Å². The van der Waals surface area contributed by atoms with E-state index in [1.807, 2.05) is 28.8 Å². The number of carbonyl (C=O) groups excluding carboxylic acids is 1. The van der Waals surface area contributed by atoms with E-state index in [0.717, 1.165) is 22.2 Å². The van der Waals surface area contributed by atoms with Gasteiger partial charge in [-0.2, -0.15) is 0 Å². The van der Waals surface area contributed by atoms with Gasteiger partial charge < -0.3 is 9.88 Å². The molecule has 0 aliphatic heterocycles. The molecule has 4 aromatic rings. The van der Waals surface area contributed by atoms with E-state index in [-0.39, 0.29) is 28.9 Å². The number of nitrogens with zero attached hydrogens (tertiary/aromatic N) is 2. The second-order valence-corrected chi connectivity index (χ2v) is 9.40. The van der Waals surface area contributed by atoms with Crippen LogP contribution in [0.4, 0.5) is 10.1 Å². The fraction of sp³-hybridized carbons (Fsp3) is 0.167. The van der Waals surface area contributed by atoms with E-state index in [4.69, 9.17) is 0 Å². The van der Waals surface area contributed by atoms with Crippen molar-refractivity contribution >= 4 is 32.7 Å². The summed E-state index contributed by atoms with van der Waals surface area (Å²) in [6.07, 6.45) is 0. The highest BCUT2D eigenvalue weighted by atomic mass is 32.2. The molecule has 1 heterocycles. The van der Waals surface area contributed by atoms with Gasteiger partial charge in [0.2, 0.25) is 15.9 Å². The number of aryl methyl sites for hydroxylation is 1. The van der Waals surface area contributed by atoms with Gasteiger partial charge in [-0.3, -0.25) is 4.79 Å². The molecular weight excluding hydrogens is 443 g/mol. The Bertz CT molecular complexity index is 1430. The minimum Gasteiger partial charge on any atom is -0.325 e. The maximum absolute atomic E-state index is 13.4. The van der Waals surface area contributed by atoms with E-state index in [1.54, 1.807) is 31.2 Å². The lowest BCUT2D eigenvalue weighted by Gasteiger charge is -2.14. The van der Waals surface area contributed by atoms with E-state index in [1.165, 1.54) is 25.1 Å². The Hall–Kier alpha value is -3.56. The van der Waals surface area contributed by atoms with Crippen LogP contribution in [0.15, 0.2) is 71.6 Å². The largest absolute Gasteiger partial charge is 0.325 e. The van der Waals surface area contributed by atoms with Crippen molar-refractivity contribution in [1.29, 1.82) is 0 Å². The number of nitrogens with one attached hydrogen (secondary N) is 2. The van der Waals surface area contributed by atoms with E-state index < -0.39 is 10.0 Å². The highest BCUT2D eigenvalue weighted by Crippen LogP contribution is 2.26. The van der Waals surface area contributed by atoms with E-state index in [9.17, 15) is 17.6 Å². The molecule has 0 aliphatic carbocycles. The molecular formula is C24H23FN4O3S. The summed E-state index contributed by atoms with van der Waals surface area (Å²) in [7, 11) is -3.90. The number of hydrogen-bond acceptors (Lipinski definition) is 4. The lowest BCUT2D eigenvalue weighted by Crippen LogP contribution is -2.28. The molecule has 2 N–H and O–H groups in total. The molecule has 0 atom stereocenters. The van der Waals surface area contributed by atoms with Crippen LogP contribution in [0.25, 0.3) is 22.4 Å². The van der Waals surface area contributed by atoms with Crippen LogP contribution in [-0.2, 0) is 21.4 Å². The van der Waals surface area contributed by atoms with Crippen LogP contribution in [0.3, 0.4) is 0 Å². The number of carbonyl (C=O) groups is 1. The fourth-order valence-electron chi connectivity index (χ4n) is 3.64. The van der Waals surface area contributed by atoms with Crippen molar-refractivity contribution in [3.05, 3.63) is 78.1 Å². The topological polar surface area (TPSA) is 93.1 Å². The molecule has 3 aromatic carbocycles. The molecule has 4 rings (SSSR count). The number of rotatable bonds is 7. The number of sulfonamides is 1. The SMILES string of the molecule is CC(=O)Nc1ccc(C)cc1S(=O)(=O)NCCn1c(-c2ccc(F)cc2)nc2ccccc21. The van der Waals surface area contributed by atoms with Crippen molar-refractivity contribution in [2.75, 3.05) is 11.9 Å². The van der Waals surface area contributed by atoms with Crippen LogP contribution in [0.2, 0.25) is 0 Å². The minimum atomic E-state index is -3.90. The minimum absolute atomic E-state index is 0.00643. The molecule has 0 aliphatic rings. The molecule has 1 aromatic heterocycles. The number of halogens is 1. The predicted molar refractivity (Wildman–Crippen MR) is 126 cm³/mol. The van der Waals surface area contributed by atoms with Gasteiger partial charge in [-0.1, -0.05) is 18.2 Å². The van der Waals surface area contributed by atoms with Crippen LogP contribution >= 0.6 is 0 Å². The highest BCUT2D eigenvalue weighted by molar-refractivity contribution is 7.89. The van der Waals surface area contributed by atoms with Crippen molar-refractivity contribution in [1.82, 2.24) is 14.3 Å². The van der Waals surface area contributed by atoms with Crippen LogP contribution in [0.5, 0.6) is 0 Å². The lowest BCUT2D eigenvalue weighted by atomic mass is 10.2. The van der Waals surface area contributed by atoms with E-state index >= 15 is 0 Å². The number of fused-ring (bicyclic) bond motifs is 1. The third-order valence-electron chi connectivity index (χ3n) is 5.12. The second-order valence-electron chi connectivity index (χ2n) is 7.66. The molecule has 170 valence electrons.